The van der Waals surface area contributed by atoms with E-state index in [4.69, 9.17) is 0 Å². The zero-order valence-electron chi connectivity index (χ0n) is 24.1. The molecule has 0 radical (unpaired) electrons. The Bertz CT molecular complexity index is 1260. The Hall–Kier alpha value is -3.96. The van der Waals surface area contributed by atoms with Crippen LogP contribution in [-0.2, 0) is 6.54 Å². The van der Waals surface area contributed by atoms with Gasteiger partial charge in [0.15, 0.2) is 0 Å². The minimum Gasteiger partial charge on any atom is -0.370 e. The molecular weight excluding hydrogens is 483 g/mol. The van der Waals surface area contributed by atoms with E-state index < -0.39 is 0 Å². The molecule has 39 heavy (non-hydrogen) atoms. The second-order valence-electron chi connectivity index (χ2n) is 9.49. The summed E-state index contributed by atoms with van der Waals surface area (Å²) in [6.45, 7) is 18.1. The first-order valence-electron chi connectivity index (χ1n) is 13.2. The standard InChI is InChI=1S/C21H27N3.C10H10FN.C3H6/c1-5-7-19(21(22-4)17(2)3)9-6-8-18-10-12-20(13-11-18)24-15-14-23-16-24;1-7-10-5-9(11)4-3-8(10)6-12(7)2;1-3-2/h5-10,12-16,18,21-22H,2,11H2,1,3-4H3;3-5H,1,6H2,2H3;3H,1H2,2H3/b7-5-,8-6+,19-9+;;. The highest BCUT2D eigenvalue weighted by Gasteiger charge is 2.18. The Balaban J connectivity index is 0.000000294. The lowest BCUT2D eigenvalue weighted by molar-refractivity contribution is 0.501. The Morgan fingerprint density at radius 2 is 2.03 bits per heavy atom. The molecule has 1 aromatic carbocycles. The number of allylic oxidation sites excluding steroid dienone is 9. The molecule has 0 amide bonds. The van der Waals surface area contributed by atoms with Crippen molar-refractivity contribution in [3.63, 3.8) is 0 Å². The summed E-state index contributed by atoms with van der Waals surface area (Å²) in [5.74, 6) is 0.239. The van der Waals surface area contributed by atoms with Crippen molar-refractivity contribution in [1.82, 2.24) is 19.8 Å². The number of benzene rings is 1. The van der Waals surface area contributed by atoms with Gasteiger partial charge in [0.1, 0.15) is 5.82 Å². The van der Waals surface area contributed by atoms with Crippen molar-refractivity contribution in [2.24, 2.45) is 5.92 Å². The van der Waals surface area contributed by atoms with Crippen molar-refractivity contribution < 1.29 is 4.39 Å². The molecule has 5 heteroatoms. The first kappa shape index (κ1) is 31.3. The van der Waals surface area contributed by atoms with Gasteiger partial charge in [0.2, 0.25) is 0 Å². The predicted octanol–water partition coefficient (Wildman–Crippen LogP) is 7.96. The Morgan fingerprint density at radius 3 is 2.59 bits per heavy atom. The average molecular weight is 527 g/mol. The molecule has 1 aliphatic carbocycles. The fourth-order valence-electron chi connectivity index (χ4n) is 4.33. The lowest BCUT2D eigenvalue weighted by Crippen LogP contribution is -2.27. The van der Waals surface area contributed by atoms with Gasteiger partial charge in [-0.15, -0.1) is 6.58 Å². The lowest BCUT2D eigenvalue weighted by atomic mass is 9.97. The number of likely N-dealkylation sites (N-methyl/N-ethyl adjacent to an activating group) is 1. The smallest absolute Gasteiger partial charge is 0.123 e. The van der Waals surface area contributed by atoms with Crippen molar-refractivity contribution in [2.45, 2.75) is 39.8 Å². The van der Waals surface area contributed by atoms with Crippen LogP contribution in [0.4, 0.5) is 4.39 Å². The molecule has 0 bridgehead atoms. The van der Waals surface area contributed by atoms with Crippen LogP contribution in [0.25, 0.3) is 11.4 Å². The van der Waals surface area contributed by atoms with Gasteiger partial charge in [-0.2, -0.15) is 0 Å². The third-order valence-corrected chi connectivity index (χ3v) is 6.29. The van der Waals surface area contributed by atoms with Gasteiger partial charge in [-0.25, -0.2) is 9.37 Å². The minimum absolute atomic E-state index is 0.181. The van der Waals surface area contributed by atoms with E-state index in [2.05, 4.69) is 85.6 Å². The molecule has 0 spiro atoms. The molecule has 2 aromatic rings. The van der Waals surface area contributed by atoms with Crippen LogP contribution in [0.15, 0.2) is 122 Å². The highest BCUT2D eigenvalue weighted by atomic mass is 19.1. The minimum atomic E-state index is -0.190. The number of hydrogen-bond acceptors (Lipinski definition) is 3. The van der Waals surface area contributed by atoms with Crippen LogP contribution < -0.4 is 5.32 Å². The Labute approximate surface area is 234 Å². The van der Waals surface area contributed by atoms with Crippen LogP contribution in [0.3, 0.4) is 0 Å². The SMILES string of the molecule is C=C(C)C(NC)C(/C=C\C)=C/C=C/C1C=CC(n2ccnc2)=CC1.C=C1c2cc(F)ccc2CN1C.C=CC. The van der Waals surface area contributed by atoms with Gasteiger partial charge in [0.05, 0.1) is 12.4 Å². The largest absolute Gasteiger partial charge is 0.370 e. The van der Waals surface area contributed by atoms with Crippen LogP contribution in [0.5, 0.6) is 0 Å². The molecule has 2 atom stereocenters. The zero-order valence-corrected chi connectivity index (χ0v) is 24.1. The van der Waals surface area contributed by atoms with E-state index in [-0.39, 0.29) is 11.9 Å². The third-order valence-electron chi connectivity index (χ3n) is 6.29. The molecule has 206 valence electrons. The summed E-state index contributed by atoms with van der Waals surface area (Å²) in [6.07, 6.45) is 25.7. The number of aromatic nitrogens is 2. The van der Waals surface area contributed by atoms with Gasteiger partial charge in [-0.05, 0) is 69.5 Å². The normalized spacial score (nSPS) is 17.2. The first-order chi connectivity index (χ1) is 18.7. The highest BCUT2D eigenvalue weighted by Crippen LogP contribution is 2.30. The Kier molecular flexibility index (Phi) is 12.9. The van der Waals surface area contributed by atoms with Crippen LogP contribution >= 0.6 is 0 Å². The maximum atomic E-state index is 12.8. The molecule has 0 fully saturated rings. The number of nitrogens with zero attached hydrogens (tertiary/aromatic N) is 3. The fraction of sp³-hybridized carbons (Fsp3) is 0.265. The topological polar surface area (TPSA) is 33.1 Å². The predicted molar refractivity (Wildman–Crippen MR) is 166 cm³/mol. The summed E-state index contributed by atoms with van der Waals surface area (Å²) in [6, 6.07) is 5.03. The van der Waals surface area contributed by atoms with Crippen molar-refractivity contribution in [3.8, 4) is 0 Å². The van der Waals surface area contributed by atoms with Crippen molar-refractivity contribution in [1.29, 1.82) is 0 Å². The summed E-state index contributed by atoms with van der Waals surface area (Å²) >= 11 is 0. The van der Waals surface area contributed by atoms with Gasteiger partial charge in [0, 0.05) is 42.9 Å². The molecule has 1 aromatic heterocycles. The maximum Gasteiger partial charge on any atom is 0.123 e. The molecule has 4 nitrogen and oxygen atoms in total. The highest BCUT2D eigenvalue weighted by molar-refractivity contribution is 5.68. The van der Waals surface area contributed by atoms with E-state index in [1.54, 1.807) is 18.3 Å². The first-order valence-corrected chi connectivity index (χ1v) is 13.2. The zero-order chi connectivity index (χ0) is 28.8. The van der Waals surface area contributed by atoms with Crippen molar-refractivity contribution >= 4 is 11.4 Å². The van der Waals surface area contributed by atoms with Crippen LogP contribution in [-0.4, -0.2) is 34.6 Å². The summed E-state index contributed by atoms with van der Waals surface area (Å²) < 4.78 is 14.8. The molecule has 2 heterocycles. The fourth-order valence-corrected chi connectivity index (χ4v) is 4.33. The van der Waals surface area contributed by atoms with E-state index in [1.807, 2.05) is 56.0 Å². The summed E-state index contributed by atoms with van der Waals surface area (Å²) in [5.41, 5.74) is 6.52. The Morgan fingerprint density at radius 1 is 1.28 bits per heavy atom. The number of hydrogen-bond donors (Lipinski definition) is 1. The molecular formula is C34H43FN4. The molecule has 4 rings (SSSR count). The monoisotopic (exact) mass is 526 g/mol. The van der Waals surface area contributed by atoms with E-state index in [0.717, 1.165) is 35.4 Å². The number of rotatable bonds is 7. The average Bonchev–Trinajstić information content (AvgIpc) is 3.54. The summed E-state index contributed by atoms with van der Waals surface area (Å²) in [5, 5.41) is 3.31. The van der Waals surface area contributed by atoms with Crippen LogP contribution in [0.2, 0.25) is 0 Å². The quantitative estimate of drug-likeness (QED) is 0.293. The summed E-state index contributed by atoms with van der Waals surface area (Å²) in [7, 11) is 3.92. The van der Waals surface area contributed by atoms with Gasteiger partial charge < -0.3 is 14.8 Å². The molecule has 1 aliphatic heterocycles. The molecule has 2 unspecified atom stereocenters. The second kappa shape index (κ2) is 16.1. The van der Waals surface area contributed by atoms with Gasteiger partial charge in [0.25, 0.3) is 0 Å². The molecule has 1 N–H and O–H groups in total. The maximum absolute atomic E-state index is 12.8. The van der Waals surface area contributed by atoms with E-state index >= 15 is 0 Å². The van der Waals surface area contributed by atoms with Crippen molar-refractivity contribution in [3.05, 3.63) is 139 Å². The lowest BCUT2D eigenvalue weighted by Gasteiger charge is -2.17. The van der Waals surface area contributed by atoms with E-state index in [9.17, 15) is 4.39 Å². The van der Waals surface area contributed by atoms with Crippen LogP contribution in [0.1, 0.15) is 38.3 Å². The number of halogens is 1. The second-order valence-corrected chi connectivity index (χ2v) is 9.49. The van der Waals surface area contributed by atoms with Crippen molar-refractivity contribution in [2.75, 3.05) is 14.1 Å². The number of fused-ring (bicyclic) bond motifs is 1. The van der Waals surface area contributed by atoms with Gasteiger partial charge in [-0.3, -0.25) is 0 Å². The van der Waals surface area contributed by atoms with Crippen LogP contribution in [0, 0.1) is 11.7 Å². The summed E-state index contributed by atoms with van der Waals surface area (Å²) in [4.78, 5) is 6.11. The van der Waals surface area contributed by atoms with Gasteiger partial charge in [-0.1, -0.05) is 73.4 Å². The molecule has 0 saturated carbocycles. The molecule has 0 saturated heterocycles. The third kappa shape index (κ3) is 9.38. The number of nitrogens with one attached hydrogen (secondary N) is 1. The van der Waals surface area contributed by atoms with Gasteiger partial charge >= 0.3 is 0 Å². The van der Waals surface area contributed by atoms with E-state index in [1.165, 1.54) is 17.3 Å². The van der Waals surface area contributed by atoms with E-state index in [0.29, 0.717) is 5.92 Å². The molecule has 2 aliphatic rings. The number of imidazole rings is 1.